The summed E-state index contributed by atoms with van der Waals surface area (Å²) in [5, 5.41) is 3.02. The second-order valence-corrected chi connectivity index (χ2v) is 7.95. The van der Waals surface area contributed by atoms with Crippen LogP contribution in [0.3, 0.4) is 0 Å². The molecule has 0 aromatic heterocycles. The lowest BCUT2D eigenvalue weighted by molar-refractivity contribution is -0.125. The number of hydrogen-bond donors (Lipinski definition) is 1. The van der Waals surface area contributed by atoms with Crippen LogP contribution in [0.1, 0.15) is 33.1 Å². The Labute approximate surface area is 194 Å². The van der Waals surface area contributed by atoms with Gasteiger partial charge in [0.05, 0.1) is 14.2 Å². The number of benzene rings is 3. The van der Waals surface area contributed by atoms with E-state index in [0.717, 1.165) is 16.7 Å². The summed E-state index contributed by atoms with van der Waals surface area (Å²) < 4.78 is 10.6. The maximum atomic E-state index is 13.2. The van der Waals surface area contributed by atoms with Gasteiger partial charge >= 0.3 is 0 Å². The number of ether oxygens (including phenoxy) is 2. The van der Waals surface area contributed by atoms with Crippen molar-refractivity contribution in [3.63, 3.8) is 0 Å². The van der Waals surface area contributed by atoms with Gasteiger partial charge < -0.3 is 19.7 Å². The summed E-state index contributed by atoms with van der Waals surface area (Å²) in [4.78, 5) is 28.0. The molecule has 1 atom stereocenters. The fourth-order valence-electron chi connectivity index (χ4n) is 4.24. The van der Waals surface area contributed by atoms with E-state index >= 15 is 0 Å². The number of fused-ring (bicyclic) bond motifs is 1. The number of rotatable bonds is 9. The monoisotopic (exact) mass is 444 g/mol. The first-order valence-electron chi connectivity index (χ1n) is 11.0. The molecule has 0 radical (unpaired) electrons. The quantitative estimate of drug-likeness (QED) is 0.545. The highest BCUT2D eigenvalue weighted by Crippen LogP contribution is 2.34. The standard InChI is InChI=1S/C27H28N2O4/c1-32-23-13-12-20(18-24(23)33-2)14-16-28-26(30)25-21-10-6-7-11-22(21)27(31)29(25)17-15-19-8-4-3-5-9-19/h3-13,18,25H,14-17H2,1-2H3,(H,28,30)/t25-/m1/s1. The van der Waals surface area contributed by atoms with Gasteiger partial charge in [0.15, 0.2) is 11.5 Å². The van der Waals surface area contributed by atoms with Gasteiger partial charge in [0.25, 0.3) is 5.91 Å². The molecule has 1 aliphatic heterocycles. The van der Waals surface area contributed by atoms with Crippen molar-refractivity contribution < 1.29 is 19.1 Å². The molecular formula is C27H28N2O4. The fraction of sp³-hybridized carbons (Fsp3) is 0.259. The summed E-state index contributed by atoms with van der Waals surface area (Å²) >= 11 is 0. The lowest BCUT2D eigenvalue weighted by atomic mass is 10.0. The Morgan fingerprint density at radius 3 is 2.36 bits per heavy atom. The van der Waals surface area contributed by atoms with Crippen molar-refractivity contribution in [3.8, 4) is 11.5 Å². The fourth-order valence-corrected chi connectivity index (χ4v) is 4.24. The Kier molecular flexibility index (Phi) is 6.93. The average molecular weight is 445 g/mol. The molecule has 2 amide bonds. The van der Waals surface area contributed by atoms with Crippen molar-refractivity contribution in [1.29, 1.82) is 0 Å². The zero-order chi connectivity index (χ0) is 23.2. The Morgan fingerprint density at radius 1 is 0.879 bits per heavy atom. The van der Waals surface area contributed by atoms with Crippen molar-refractivity contribution in [2.45, 2.75) is 18.9 Å². The number of carbonyl (C=O) groups excluding carboxylic acids is 2. The van der Waals surface area contributed by atoms with Crippen LogP contribution < -0.4 is 14.8 Å². The Morgan fingerprint density at radius 2 is 1.61 bits per heavy atom. The van der Waals surface area contributed by atoms with Crippen LogP contribution in [0.4, 0.5) is 0 Å². The Bertz CT molecular complexity index is 1130. The molecular weight excluding hydrogens is 416 g/mol. The third-order valence-electron chi connectivity index (χ3n) is 5.95. The molecule has 0 fully saturated rings. The van der Waals surface area contributed by atoms with E-state index in [9.17, 15) is 9.59 Å². The first-order chi connectivity index (χ1) is 16.1. The van der Waals surface area contributed by atoms with Crippen LogP contribution in [0.2, 0.25) is 0 Å². The second kappa shape index (κ2) is 10.2. The van der Waals surface area contributed by atoms with E-state index < -0.39 is 6.04 Å². The SMILES string of the molecule is COc1ccc(CCNC(=O)[C@H]2c3ccccc3C(=O)N2CCc2ccccc2)cc1OC. The highest BCUT2D eigenvalue weighted by molar-refractivity contribution is 6.04. The molecule has 3 aromatic carbocycles. The Hall–Kier alpha value is -3.80. The molecule has 1 heterocycles. The van der Waals surface area contributed by atoms with E-state index in [-0.39, 0.29) is 11.8 Å². The number of nitrogens with zero attached hydrogens (tertiary/aromatic N) is 1. The zero-order valence-electron chi connectivity index (χ0n) is 18.9. The summed E-state index contributed by atoms with van der Waals surface area (Å²) in [6.07, 6.45) is 1.33. The van der Waals surface area contributed by atoms with Gasteiger partial charge in [0, 0.05) is 18.7 Å². The number of amides is 2. The molecule has 0 saturated carbocycles. The number of nitrogens with one attached hydrogen (secondary N) is 1. The highest BCUT2D eigenvalue weighted by atomic mass is 16.5. The number of methoxy groups -OCH3 is 2. The predicted molar refractivity (Wildman–Crippen MR) is 127 cm³/mol. The third kappa shape index (κ3) is 4.85. The Balaban J connectivity index is 1.45. The number of hydrogen-bond acceptors (Lipinski definition) is 4. The van der Waals surface area contributed by atoms with Gasteiger partial charge in [0.2, 0.25) is 5.91 Å². The molecule has 3 aromatic rings. The van der Waals surface area contributed by atoms with Crippen LogP contribution in [0.25, 0.3) is 0 Å². The first-order valence-corrected chi connectivity index (χ1v) is 11.0. The molecule has 0 unspecified atom stereocenters. The largest absolute Gasteiger partial charge is 0.493 e. The van der Waals surface area contributed by atoms with Gasteiger partial charge in [0.1, 0.15) is 6.04 Å². The highest BCUT2D eigenvalue weighted by Gasteiger charge is 2.40. The van der Waals surface area contributed by atoms with Gasteiger partial charge in [-0.2, -0.15) is 0 Å². The van der Waals surface area contributed by atoms with Crippen molar-refractivity contribution in [2.24, 2.45) is 0 Å². The van der Waals surface area contributed by atoms with E-state index in [1.54, 1.807) is 25.2 Å². The smallest absolute Gasteiger partial charge is 0.255 e. The topological polar surface area (TPSA) is 67.9 Å². The molecule has 6 nitrogen and oxygen atoms in total. The summed E-state index contributed by atoms with van der Waals surface area (Å²) in [5.41, 5.74) is 3.52. The molecule has 170 valence electrons. The van der Waals surface area contributed by atoms with E-state index in [1.165, 1.54) is 0 Å². The second-order valence-electron chi connectivity index (χ2n) is 7.95. The summed E-state index contributed by atoms with van der Waals surface area (Å²) in [5.74, 6) is 1.06. The van der Waals surface area contributed by atoms with Crippen molar-refractivity contribution in [3.05, 3.63) is 95.1 Å². The molecule has 0 spiro atoms. The first kappa shape index (κ1) is 22.4. The lowest BCUT2D eigenvalue weighted by Gasteiger charge is -2.25. The lowest BCUT2D eigenvalue weighted by Crippen LogP contribution is -2.40. The third-order valence-corrected chi connectivity index (χ3v) is 5.95. The molecule has 0 bridgehead atoms. The minimum atomic E-state index is -0.622. The minimum absolute atomic E-state index is 0.0958. The molecule has 0 aliphatic carbocycles. The maximum Gasteiger partial charge on any atom is 0.255 e. The van der Waals surface area contributed by atoms with Crippen molar-refractivity contribution in [1.82, 2.24) is 10.2 Å². The van der Waals surface area contributed by atoms with Crippen LogP contribution in [0, 0.1) is 0 Å². The number of carbonyl (C=O) groups is 2. The predicted octanol–water partition coefficient (Wildman–Crippen LogP) is 3.80. The van der Waals surface area contributed by atoms with E-state index in [1.807, 2.05) is 66.7 Å². The van der Waals surface area contributed by atoms with Gasteiger partial charge in [-0.05, 0) is 47.7 Å². The average Bonchev–Trinajstić information content (AvgIpc) is 3.14. The zero-order valence-corrected chi connectivity index (χ0v) is 18.9. The van der Waals surface area contributed by atoms with E-state index in [0.29, 0.717) is 43.0 Å². The van der Waals surface area contributed by atoms with Crippen molar-refractivity contribution in [2.75, 3.05) is 27.3 Å². The summed E-state index contributed by atoms with van der Waals surface area (Å²) in [6.45, 7) is 0.930. The van der Waals surface area contributed by atoms with Gasteiger partial charge in [-0.1, -0.05) is 54.6 Å². The van der Waals surface area contributed by atoms with Crippen molar-refractivity contribution >= 4 is 11.8 Å². The summed E-state index contributed by atoms with van der Waals surface area (Å²) in [6, 6.07) is 22.5. The van der Waals surface area contributed by atoms with Crippen LogP contribution in [0.5, 0.6) is 11.5 Å². The maximum absolute atomic E-state index is 13.2. The van der Waals surface area contributed by atoms with E-state index in [2.05, 4.69) is 5.32 Å². The molecule has 6 heteroatoms. The molecule has 1 aliphatic rings. The molecule has 4 rings (SSSR count). The van der Waals surface area contributed by atoms with Crippen LogP contribution >= 0.6 is 0 Å². The molecule has 1 N–H and O–H groups in total. The summed E-state index contributed by atoms with van der Waals surface area (Å²) in [7, 11) is 3.20. The van der Waals surface area contributed by atoms with E-state index in [4.69, 9.17) is 9.47 Å². The minimum Gasteiger partial charge on any atom is -0.493 e. The van der Waals surface area contributed by atoms with Gasteiger partial charge in [-0.3, -0.25) is 9.59 Å². The van der Waals surface area contributed by atoms with Crippen LogP contribution in [0.15, 0.2) is 72.8 Å². The van der Waals surface area contributed by atoms with Crippen LogP contribution in [-0.2, 0) is 17.6 Å². The van der Waals surface area contributed by atoms with Gasteiger partial charge in [-0.25, -0.2) is 0 Å². The van der Waals surface area contributed by atoms with Gasteiger partial charge in [-0.15, -0.1) is 0 Å². The van der Waals surface area contributed by atoms with Crippen LogP contribution in [-0.4, -0.2) is 44.0 Å². The molecule has 0 saturated heterocycles. The normalized spacial score (nSPS) is 14.7. The molecule has 33 heavy (non-hydrogen) atoms.